The fourth-order valence-corrected chi connectivity index (χ4v) is 3.36. The zero-order chi connectivity index (χ0) is 15.5. The molecular formula is C12H25N3O3S2. The van der Waals surface area contributed by atoms with Crippen LogP contribution in [0.5, 0.6) is 0 Å². The summed E-state index contributed by atoms with van der Waals surface area (Å²) in [6.45, 7) is 0.922. The van der Waals surface area contributed by atoms with Crippen LogP contribution in [0, 0.1) is 0 Å². The fourth-order valence-electron chi connectivity index (χ4n) is 1.25. The van der Waals surface area contributed by atoms with E-state index < -0.39 is 0 Å². The number of carbonyl (C=O) groups is 2. The van der Waals surface area contributed by atoms with Gasteiger partial charge in [-0.05, 0) is 27.1 Å². The highest BCUT2D eigenvalue weighted by molar-refractivity contribution is 8.76. The molecule has 2 amide bonds. The second-order valence-corrected chi connectivity index (χ2v) is 7.06. The molecule has 0 aliphatic rings. The highest BCUT2D eigenvalue weighted by Crippen LogP contribution is 2.22. The van der Waals surface area contributed by atoms with Crippen molar-refractivity contribution in [2.75, 3.05) is 53.6 Å². The van der Waals surface area contributed by atoms with E-state index >= 15 is 0 Å². The van der Waals surface area contributed by atoms with E-state index in [1.807, 2.05) is 14.1 Å². The Bertz CT molecular complexity index is 304. The first kappa shape index (κ1) is 19.4. The van der Waals surface area contributed by atoms with Gasteiger partial charge < -0.3 is 19.4 Å². The average molecular weight is 323 g/mol. The second-order valence-electron chi connectivity index (χ2n) is 4.66. The van der Waals surface area contributed by atoms with E-state index in [2.05, 4.69) is 9.64 Å². The Morgan fingerprint density at radius 3 is 2.05 bits per heavy atom. The van der Waals surface area contributed by atoms with Gasteiger partial charge in [-0.25, -0.2) is 4.79 Å². The SMILES string of the molecule is COC(=O)N(C)CSSCN(C)C(=O)CCCN(C)C. The molecule has 0 heterocycles. The Hall–Kier alpha value is -0.600. The van der Waals surface area contributed by atoms with Gasteiger partial charge >= 0.3 is 6.09 Å². The molecule has 0 spiro atoms. The monoisotopic (exact) mass is 323 g/mol. The van der Waals surface area contributed by atoms with Crippen molar-refractivity contribution in [3.8, 4) is 0 Å². The zero-order valence-electron chi connectivity index (χ0n) is 12.9. The number of hydrogen-bond donors (Lipinski definition) is 0. The summed E-state index contributed by atoms with van der Waals surface area (Å²) in [6, 6.07) is 0. The van der Waals surface area contributed by atoms with Crippen LogP contribution in [0.4, 0.5) is 4.79 Å². The van der Waals surface area contributed by atoms with Gasteiger partial charge in [-0.3, -0.25) is 4.79 Å². The van der Waals surface area contributed by atoms with Crippen LogP contribution >= 0.6 is 21.6 Å². The zero-order valence-corrected chi connectivity index (χ0v) is 14.6. The first-order valence-corrected chi connectivity index (χ1v) is 8.79. The Morgan fingerprint density at radius 2 is 1.55 bits per heavy atom. The second kappa shape index (κ2) is 11.1. The minimum absolute atomic E-state index is 0.154. The molecule has 0 aliphatic carbocycles. The van der Waals surface area contributed by atoms with Crippen LogP contribution in [-0.4, -0.2) is 80.3 Å². The molecule has 0 aromatic carbocycles. The first-order valence-electron chi connectivity index (χ1n) is 6.30. The van der Waals surface area contributed by atoms with Crippen molar-refractivity contribution < 1.29 is 14.3 Å². The molecule has 0 radical (unpaired) electrons. The van der Waals surface area contributed by atoms with Crippen molar-refractivity contribution in [1.29, 1.82) is 0 Å². The predicted molar refractivity (Wildman–Crippen MR) is 85.6 cm³/mol. The number of carbonyl (C=O) groups excluding carboxylic acids is 2. The van der Waals surface area contributed by atoms with Gasteiger partial charge in [-0.15, -0.1) is 0 Å². The first-order chi connectivity index (χ1) is 9.38. The number of nitrogens with zero attached hydrogens (tertiary/aromatic N) is 3. The molecule has 0 atom stereocenters. The average Bonchev–Trinajstić information content (AvgIpc) is 2.41. The summed E-state index contributed by atoms with van der Waals surface area (Å²) in [6.07, 6.45) is 1.09. The van der Waals surface area contributed by atoms with E-state index in [4.69, 9.17) is 0 Å². The molecule has 0 aromatic rings. The van der Waals surface area contributed by atoms with Crippen molar-refractivity contribution >= 4 is 33.6 Å². The maximum atomic E-state index is 11.8. The van der Waals surface area contributed by atoms with Crippen LogP contribution in [0.1, 0.15) is 12.8 Å². The molecule has 0 aromatic heterocycles. The molecule has 6 nitrogen and oxygen atoms in total. The quantitative estimate of drug-likeness (QED) is 0.366. The normalized spacial score (nSPS) is 10.5. The Balaban J connectivity index is 3.69. The van der Waals surface area contributed by atoms with Gasteiger partial charge in [0.15, 0.2) is 0 Å². The van der Waals surface area contributed by atoms with Gasteiger partial charge in [0.05, 0.1) is 18.9 Å². The lowest BCUT2D eigenvalue weighted by atomic mass is 10.3. The molecule has 0 bridgehead atoms. The number of hydrogen-bond acceptors (Lipinski definition) is 6. The van der Waals surface area contributed by atoms with Crippen molar-refractivity contribution in [3.63, 3.8) is 0 Å². The predicted octanol–water partition coefficient (Wildman–Crippen LogP) is 1.78. The van der Waals surface area contributed by atoms with E-state index in [0.29, 0.717) is 18.2 Å². The molecule has 0 N–H and O–H groups in total. The number of rotatable bonds is 9. The van der Waals surface area contributed by atoms with Crippen LogP contribution < -0.4 is 0 Å². The molecule has 0 saturated heterocycles. The summed E-state index contributed by atoms with van der Waals surface area (Å²) in [5, 5.41) is 0. The summed E-state index contributed by atoms with van der Waals surface area (Å²) in [4.78, 5) is 28.2. The Morgan fingerprint density at radius 1 is 1.00 bits per heavy atom. The van der Waals surface area contributed by atoms with Gasteiger partial charge in [-0.1, -0.05) is 21.6 Å². The van der Waals surface area contributed by atoms with Crippen molar-refractivity contribution in [2.45, 2.75) is 12.8 Å². The molecule has 0 rings (SSSR count). The minimum atomic E-state index is -0.355. The summed E-state index contributed by atoms with van der Waals surface area (Å²) >= 11 is 0. The van der Waals surface area contributed by atoms with Crippen LogP contribution in [0.2, 0.25) is 0 Å². The Labute approximate surface area is 129 Å². The van der Waals surface area contributed by atoms with E-state index in [0.717, 1.165) is 13.0 Å². The third-order valence-electron chi connectivity index (χ3n) is 2.48. The summed E-state index contributed by atoms with van der Waals surface area (Å²) < 4.78 is 4.59. The summed E-state index contributed by atoms with van der Waals surface area (Å²) in [5.74, 6) is 1.29. The van der Waals surface area contributed by atoms with Gasteiger partial charge in [0.1, 0.15) is 0 Å². The lowest BCUT2D eigenvalue weighted by Crippen LogP contribution is -2.27. The number of methoxy groups -OCH3 is 1. The molecule has 118 valence electrons. The third kappa shape index (κ3) is 9.33. The van der Waals surface area contributed by atoms with Gasteiger partial charge in [-0.2, -0.15) is 0 Å². The maximum Gasteiger partial charge on any atom is 0.409 e. The molecule has 0 saturated carbocycles. The highest BCUT2D eigenvalue weighted by Gasteiger charge is 2.10. The van der Waals surface area contributed by atoms with Crippen LogP contribution in [0.15, 0.2) is 0 Å². The van der Waals surface area contributed by atoms with Crippen molar-refractivity contribution in [1.82, 2.24) is 14.7 Å². The Kier molecular flexibility index (Phi) is 10.8. The van der Waals surface area contributed by atoms with Crippen molar-refractivity contribution in [2.24, 2.45) is 0 Å². The van der Waals surface area contributed by atoms with Crippen LogP contribution in [0.25, 0.3) is 0 Å². The summed E-state index contributed by atoms with van der Waals surface area (Å²) in [7, 11) is 11.9. The van der Waals surface area contributed by atoms with E-state index in [-0.39, 0.29) is 12.0 Å². The van der Waals surface area contributed by atoms with Crippen molar-refractivity contribution in [3.05, 3.63) is 0 Å². The van der Waals surface area contributed by atoms with Gasteiger partial charge in [0.25, 0.3) is 0 Å². The van der Waals surface area contributed by atoms with E-state index in [9.17, 15) is 9.59 Å². The molecule has 0 fully saturated rings. The molecule has 0 aliphatic heterocycles. The van der Waals surface area contributed by atoms with E-state index in [1.54, 1.807) is 29.8 Å². The smallest absolute Gasteiger partial charge is 0.409 e. The largest absolute Gasteiger partial charge is 0.453 e. The molecular weight excluding hydrogens is 298 g/mol. The lowest BCUT2D eigenvalue weighted by molar-refractivity contribution is -0.129. The van der Waals surface area contributed by atoms with Crippen LogP contribution in [0.3, 0.4) is 0 Å². The molecule has 0 unspecified atom stereocenters. The maximum absolute atomic E-state index is 11.8. The molecule has 20 heavy (non-hydrogen) atoms. The topological polar surface area (TPSA) is 53.1 Å². The van der Waals surface area contributed by atoms with Gasteiger partial charge in [0, 0.05) is 20.5 Å². The highest BCUT2D eigenvalue weighted by atomic mass is 33.1. The fraction of sp³-hybridized carbons (Fsp3) is 0.833. The number of amides is 2. The third-order valence-corrected chi connectivity index (χ3v) is 4.77. The number of ether oxygens (including phenoxy) is 1. The van der Waals surface area contributed by atoms with E-state index in [1.165, 1.54) is 22.8 Å². The van der Waals surface area contributed by atoms with Crippen LogP contribution in [-0.2, 0) is 9.53 Å². The minimum Gasteiger partial charge on any atom is -0.453 e. The standard InChI is InChI=1S/C12H25N3O3S2/c1-13(2)8-6-7-11(16)14(3)9-19-20-10-15(4)12(17)18-5/h6-10H2,1-5H3. The van der Waals surface area contributed by atoms with Gasteiger partial charge in [0.2, 0.25) is 5.91 Å². The summed E-state index contributed by atoms with van der Waals surface area (Å²) in [5.41, 5.74) is 0. The lowest BCUT2D eigenvalue weighted by Gasteiger charge is -2.18. The molecule has 8 heteroatoms.